The Morgan fingerprint density at radius 3 is 2.70 bits per heavy atom. The molecule has 0 aromatic rings. The molecular formula is C14H22BrNO4. The van der Waals surface area contributed by atoms with Crippen LogP contribution in [0.5, 0.6) is 0 Å². The molecular weight excluding hydrogens is 326 g/mol. The van der Waals surface area contributed by atoms with Crippen LogP contribution < -0.4 is 0 Å². The molecule has 0 radical (unpaired) electrons. The standard InChI is InChI=1S/C14H22BrNO4/c1-4-6-7-10-20-13-11(15)8-9-12(18-3)16(13)14(17)19-5-2/h11-13H,4-5,8-10H2,1-3H3. The van der Waals surface area contributed by atoms with Gasteiger partial charge in [0.2, 0.25) is 0 Å². The summed E-state index contributed by atoms with van der Waals surface area (Å²) < 4.78 is 16.2. The van der Waals surface area contributed by atoms with Crippen LogP contribution >= 0.6 is 15.9 Å². The van der Waals surface area contributed by atoms with E-state index in [0.29, 0.717) is 6.61 Å². The molecule has 1 aliphatic heterocycles. The first kappa shape index (κ1) is 17.3. The van der Waals surface area contributed by atoms with Gasteiger partial charge < -0.3 is 14.2 Å². The van der Waals surface area contributed by atoms with E-state index in [-0.39, 0.29) is 17.7 Å². The molecule has 20 heavy (non-hydrogen) atoms. The lowest BCUT2D eigenvalue weighted by atomic mass is 10.1. The summed E-state index contributed by atoms with van der Waals surface area (Å²) >= 11 is 3.56. The lowest BCUT2D eigenvalue weighted by Crippen LogP contribution is -2.56. The van der Waals surface area contributed by atoms with Crippen molar-refractivity contribution >= 4 is 22.0 Å². The molecule has 3 unspecified atom stereocenters. The van der Waals surface area contributed by atoms with E-state index in [1.54, 1.807) is 14.0 Å². The molecule has 5 nitrogen and oxygen atoms in total. The van der Waals surface area contributed by atoms with Crippen molar-refractivity contribution in [1.29, 1.82) is 0 Å². The van der Waals surface area contributed by atoms with E-state index in [2.05, 4.69) is 27.8 Å². The molecule has 114 valence electrons. The van der Waals surface area contributed by atoms with E-state index in [9.17, 15) is 4.79 Å². The van der Waals surface area contributed by atoms with Crippen LogP contribution in [0.4, 0.5) is 4.79 Å². The predicted molar refractivity (Wildman–Crippen MR) is 79.4 cm³/mol. The van der Waals surface area contributed by atoms with Gasteiger partial charge in [0.25, 0.3) is 0 Å². The number of hydrogen-bond donors (Lipinski definition) is 0. The fourth-order valence-corrected chi connectivity index (χ4v) is 2.73. The molecule has 1 saturated heterocycles. The number of hydrogen-bond acceptors (Lipinski definition) is 4. The van der Waals surface area contributed by atoms with E-state index in [4.69, 9.17) is 14.2 Å². The van der Waals surface area contributed by atoms with Crippen LogP contribution in [0.25, 0.3) is 0 Å². The molecule has 0 saturated carbocycles. The summed E-state index contributed by atoms with van der Waals surface area (Å²) in [5.41, 5.74) is 0. The Morgan fingerprint density at radius 1 is 1.35 bits per heavy atom. The van der Waals surface area contributed by atoms with Crippen molar-refractivity contribution < 1.29 is 19.0 Å². The number of rotatable bonds is 4. The highest BCUT2D eigenvalue weighted by atomic mass is 79.9. The zero-order valence-electron chi connectivity index (χ0n) is 12.2. The molecule has 0 aliphatic carbocycles. The molecule has 0 aromatic heterocycles. The Labute approximate surface area is 129 Å². The van der Waals surface area contributed by atoms with Crippen molar-refractivity contribution in [3.05, 3.63) is 0 Å². The van der Waals surface area contributed by atoms with E-state index in [1.807, 2.05) is 6.92 Å². The van der Waals surface area contributed by atoms with Crippen LogP contribution in [0.1, 0.15) is 33.1 Å². The number of carbonyl (C=O) groups excluding carboxylic acids is 1. The summed E-state index contributed by atoms with van der Waals surface area (Å²) in [6.45, 7) is 4.36. The Hall–Kier alpha value is -0.770. The first-order valence-electron chi connectivity index (χ1n) is 6.84. The maximum absolute atomic E-state index is 12.1. The van der Waals surface area contributed by atoms with Gasteiger partial charge in [-0.3, -0.25) is 4.90 Å². The molecule has 0 spiro atoms. The Balaban J connectivity index is 2.78. The second-order valence-corrected chi connectivity index (χ2v) is 5.47. The second-order valence-electron chi connectivity index (χ2n) is 4.30. The molecule has 3 atom stereocenters. The van der Waals surface area contributed by atoms with Crippen molar-refractivity contribution in [1.82, 2.24) is 4.90 Å². The number of methoxy groups -OCH3 is 1. The zero-order chi connectivity index (χ0) is 15.0. The smallest absolute Gasteiger partial charge is 0.413 e. The minimum atomic E-state index is -0.432. The van der Waals surface area contributed by atoms with E-state index in [0.717, 1.165) is 19.3 Å². The van der Waals surface area contributed by atoms with Gasteiger partial charge in [-0.15, -0.1) is 5.92 Å². The van der Waals surface area contributed by atoms with Crippen LogP contribution in [-0.4, -0.2) is 48.6 Å². The number of ether oxygens (including phenoxy) is 3. The molecule has 6 heteroatoms. The SMILES string of the molecule is CCC#CCOC1C(Br)CCC(OC)N1C(=O)OCC. The molecule has 0 N–H and O–H groups in total. The van der Waals surface area contributed by atoms with Crippen LogP contribution in [0.3, 0.4) is 0 Å². The number of carbonyl (C=O) groups is 1. The van der Waals surface area contributed by atoms with Crippen molar-refractivity contribution in [2.24, 2.45) is 0 Å². The van der Waals surface area contributed by atoms with Crippen molar-refractivity contribution in [2.75, 3.05) is 20.3 Å². The molecule has 1 aliphatic rings. The number of halogens is 1. The fourth-order valence-electron chi connectivity index (χ4n) is 2.06. The number of alkyl halides is 1. The highest BCUT2D eigenvalue weighted by Crippen LogP contribution is 2.30. The zero-order valence-corrected chi connectivity index (χ0v) is 13.8. The van der Waals surface area contributed by atoms with Crippen LogP contribution in [-0.2, 0) is 14.2 Å². The maximum atomic E-state index is 12.1. The molecule has 0 bridgehead atoms. The van der Waals surface area contributed by atoms with Crippen LogP contribution in [0, 0.1) is 11.8 Å². The van der Waals surface area contributed by atoms with E-state index < -0.39 is 12.3 Å². The monoisotopic (exact) mass is 347 g/mol. The molecule has 1 fully saturated rings. The van der Waals surface area contributed by atoms with Crippen molar-refractivity contribution in [3.8, 4) is 11.8 Å². The quantitative estimate of drug-likeness (QED) is 0.579. The molecule has 1 rings (SSSR count). The van der Waals surface area contributed by atoms with E-state index >= 15 is 0 Å². The Morgan fingerprint density at radius 2 is 2.10 bits per heavy atom. The highest BCUT2D eigenvalue weighted by Gasteiger charge is 2.40. The lowest BCUT2D eigenvalue weighted by Gasteiger charge is -2.42. The first-order chi connectivity index (χ1) is 9.65. The van der Waals surface area contributed by atoms with Gasteiger partial charge in [-0.1, -0.05) is 28.8 Å². The molecule has 1 amide bonds. The van der Waals surface area contributed by atoms with Gasteiger partial charge in [-0.05, 0) is 19.8 Å². The second kappa shape index (κ2) is 9.22. The third kappa shape index (κ3) is 4.65. The minimum absolute atomic E-state index is 0.0433. The van der Waals surface area contributed by atoms with Crippen LogP contribution in [0.15, 0.2) is 0 Å². The molecule has 0 aromatic carbocycles. The number of piperidine rings is 1. The predicted octanol–water partition coefficient (Wildman–Crippen LogP) is 2.73. The largest absolute Gasteiger partial charge is 0.450 e. The minimum Gasteiger partial charge on any atom is -0.450 e. The number of nitrogens with zero attached hydrogens (tertiary/aromatic N) is 1. The van der Waals surface area contributed by atoms with E-state index in [1.165, 1.54) is 4.90 Å². The Kier molecular flexibility index (Phi) is 7.97. The highest BCUT2D eigenvalue weighted by molar-refractivity contribution is 9.09. The summed E-state index contributed by atoms with van der Waals surface area (Å²) in [6.07, 6.45) is 1.21. The average Bonchev–Trinajstić information content (AvgIpc) is 2.44. The summed E-state index contributed by atoms with van der Waals surface area (Å²) in [4.78, 5) is 13.7. The van der Waals surface area contributed by atoms with Crippen molar-refractivity contribution in [2.45, 2.75) is 50.4 Å². The van der Waals surface area contributed by atoms with Gasteiger partial charge in [0.15, 0.2) is 6.23 Å². The number of amides is 1. The summed E-state index contributed by atoms with van der Waals surface area (Å²) in [5.74, 6) is 5.86. The summed E-state index contributed by atoms with van der Waals surface area (Å²) in [6, 6.07) is 0. The average molecular weight is 348 g/mol. The summed E-state index contributed by atoms with van der Waals surface area (Å²) in [5, 5.41) is 0. The lowest BCUT2D eigenvalue weighted by molar-refractivity contribution is -0.143. The van der Waals surface area contributed by atoms with Crippen molar-refractivity contribution in [3.63, 3.8) is 0 Å². The maximum Gasteiger partial charge on any atom is 0.413 e. The topological polar surface area (TPSA) is 48.0 Å². The van der Waals surface area contributed by atoms with Gasteiger partial charge >= 0.3 is 6.09 Å². The summed E-state index contributed by atoms with van der Waals surface area (Å²) in [7, 11) is 1.58. The third-order valence-corrected chi connectivity index (χ3v) is 3.87. The van der Waals surface area contributed by atoms with Gasteiger partial charge in [0.05, 0.1) is 11.4 Å². The van der Waals surface area contributed by atoms with Crippen LogP contribution in [0.2, 0.25) is 0 Å². The van der Waals surface area contributed by atoms with Gasteiger partial charge in [-0.2, -0.15) is 0 Å². The normalized spacial score (nSPS) is 25.8. The fraction of sp³-hybridized carbons (Fsp3) is 0.786. The van der Waals surface area contributed by atoms with Gasteiger partial charge in [0.1, 0.15) is 12.8 Å². The Bertz CT molecular complexity index is 366. The third-order valence-electron chi connectivity index (χ3n) is 2.96. The first-order valence-corrected chi connectivity index (χ1v) is 7.76. The molecule has 1 heterocycles. The van der Waals surface area contributed by atoms with Gasteiger partial charge in [0, 0.05) is 13.5 Å². The van der Waals surface area contributed by atoms with Gasteiger partial charge in [-0.25, -0.2) is 4.79 Å². The number of likely N-dealkylation sites (tertiary alicyclic amines) is 1.